The first kappa shape index (κ1) is 24.7. The molecule has 33 heavy (non-hydrogen) atoms. The Labute approximate surface area is 205 Å². The van der Waals surface area contributed by atoms with Crippen molar-refractivity contribution in [3.05, 3.63) is 68.7 Å². The lowest BCUT2D eigenvalue weighted by Crippen LogP contribution is -2.44. The number of nitrogens with one attached hydrogen (secondary N) is 1. The summed E-state index contributed by atoms with van der Waals surface area (Å²) in [5, 5.41) is 13.1. The van der Waals surface area contributed by atoms with Crippen LogP contribution in [0.3, 0.4) is 0 Å². The Morgan fingerprint density at radius 1 is 1.21 bits per heavy atom. The second-order valence-electron chi connectivity index (χ2n) is 7.23. The topological polar surface area (TPSA) is 97.7 Å². The lowest BCUT2D eigenvalue weighted by atomic mass is 9.78. The number of benzene rings is 2. The third-order valence-electron chi connectivity index (χ3n) is 5.14. The fraction of sp³-hybridized carbons (Fsp3) is 0.292. The van der Waals surface area contributed by atoms with Crippen LogP contribution in [0.15, 0.2) is 57.5 Å². The largest absolute Gasteiger partial charge is 0.496 e. The molecule has 7 nitrogen and oxygen atoms in total. The number of allylic oxidation sites excluding steroid dienone is 1. The molecule has 0 saturated heterocycles. The molecule has 0 aromatic heterocycles. The van der Waals surface area contributed by atoms with Gasteiger partial charge in [0.1, 0.15) is 17.4 Å². The summed E-state index contributed by atoms with van der Waals surface area (Å²) in [6.07, 6.45) is 0. The highest BCUT2D eigenvalue weighted by Crippen LogP contribution is 2.42. The van der Waals surface area contributed by atoms with Crippen molar-refractivity contribution in [3.63, 3.8) is 0 Å². The summed E-state index contributed by atoms with van der Waals surface area (Å²) in [7, 11) is 2.76. The first-order chi connectivity index (χ1) is 15.9. The van der Waals surface area contributed by atoms with Crippen molar-refractivity contribution in [1.82, 2.24) is 5.32 Å². The summed E-state index contributed by atoms with van der Waals surface area (Å²) in [6.45, 7) is 2.38. The maximum atomic E-state index is 12.9. The van der Waals surface area contributed by atoms with E-state index < -0.39 is 23.7 Å². The van der Waals surface area contributed by atoms with E-state index in [9.17, 15) is 14.9 Å². The molecule has 1 aliphatic heterocycles. The van der Waals surface area contributed by atoms with Crippen molar-refractivity contribution < 1.29 is 23.8 Å². The van der Waals surface area contributed by atoms with Gasteiger partial charge in [0.15, 0.2) is 0 Å². The van der Waals surface area contributed by atoms with Crippen LogP contribution in [0.5, 0.6) is 11.5 Å². The normalized spacial score (nSPS) is 17.7. The minimum atomic E-state index is -1.18. The molecule has 172 valence electrons. The van der Waals surface area contributed by atoms with E-state index in [4.69, 9.17) is 14.2 Å². The zero-order valence-electron chi connectivity index (χ0n) is 18.4. The molecule has 1 amide bonds. The highest BCUT2D eigenvalue weighted by molar-refractivity contribution is 9.10. The van der Waals surface area contributed by atoms with Crippen molar-refractivity contribution >= 4 is 39.6 Å². The molecule has 0 radical (unpaired) electrons. The van der Waals surface area contributed by atoms with E-state index in [2.05, 4.69) is 27.3 Å². The van der Waals surface area contributed by atoms with Gasteiger partial charge >= 0.3 is 5.97 Å². The lowest BCUT2D eigenvalue weighted by Gasteiger charge is -2.31. The summed E-state index contributed by atoms with van der Waals surface area (Å²) in [6, 6.07) is 15.1. The van der Waals surface area contributed by atoms with Gasteiger partial charge in [0.05, 0.1) is 42.0 Å². The molecule has 0 unspecified atom stereocenters. The number of ether oxygens (including phenoxy) is 3. The molecule has 9 heteroatoms. The van der Waals surface area contributed by atoms with E-state index in [-0.39, 0.29) is 0 Å². The number of hydrogen-bond donors (Lipinski definition) is 1. The number of carbonyl (C=O) groups excluding carboxylic acids is 2. The van der Waals surface area contributed by atoms with Crippen LogP contribution in [0.1, 0.15) is 17.0 Å². The average molecular weight is 531 g/mol. The Balaban J connectivity index is 1.87. The van der Waals surface area contributed by atoms with E-state index in [1.165, 1.54) is 18.9 Å². The van der Waals surface area contributed by atoms with Crippen LogP contribution in [0.25, 0.3) is 0 Å². The van der Waals surface area contributed by atoms with Gasteiger partial charge in [-0.1, -0.05) is 23.8 Å². The second kappa shape index (κ2) is 11.3. The fourth-order valence-electron chi connectivity index (χ4n) is 3.49. The van der Waals surface area contributed by atoms with Crippen molar-refractivity contribution in [2.45, 2.75) is 12.8 Å². The van der Waals surface area contributed by atoms with Gasteiger partial charge in [-0.15, -0.1) is 11.8 Å². The van der Waals surface area contributed by atoms with Gasteiger partial charge in [-0.05, 0) is 52.7 Å². The van der Waals surface area contributed by atoms with Crippen molar-refractivity contribution in [2.75, 3.05) is 26.6 Å². The van der Waals surface area contributed by atoms with Crippen LogP contribution in [0, 0.1) is 24.2 Å². The number of aryl methyl sites for hydroxylation is 1. The third kappa shape index (κ3) is 5.70. The molecule has 0 fully saturated rings. The smallest absolute Gasteiger partial charge is 0.319 e. The Hall–Kier alpha value is -2.96. The van der Waals surface area contributed by atoms with Crippen LogP contribution in [-0.4, -0.2) is 38.5 Å². The van der Waals surface area contributed by atoms with Gasteiger partial charge in [0, 0.05) is 11.7 Å². The van der Waals surface area contributed by atoms with Gasteiger partial charge in [-0.25, -0.2) is 0 Å². The molecule has 2 aromatic rings. The number of nitriles is 1. The quantitative estimate of drug-likeness (QED) is 0.308. The lowest BCUT2D eigenvalue weighted by molar-refractivity contribution is -0.150. The molecule has 0 spiro atoms. The first-order valence-corrected chi connectivity index (χ1v) is 11.9. The van der Waals surface area contributed by atoms with Crippen LogP contribution in [0.4, 0.5) is 0 Å². The molecule has 1 aliphatic rings. The molecule has 0 saturated carbocycles. The Morgan fingerprint density at radius 2 is 1.94 bits per heavy atom. The zero-order valence-corrected chi connectivity index (χ0v) is 20.8. The summed E-state index contributed by atoms with van der Waals surface area (Å²) in [4.78, 5) is 25.4. The van der Waals surface area contributed by atoms with Crippen LogP contribution < -0.4 is 14.8 Å². The maximum Gasteiger partial charge on any atom is 0.319 e. The highest BCUT2D eigenvalue weighted by atomic mass is 79.9. The Morgan fingerprint density at radius 3 is 2.55 bits per heavy atom. The molecule has 0 aliphatic carbocycles. The number of esters is 1. The fourth-order valence-corrected chi connectivity index (χ4v) is 4.92. The number of thioether (sulfide) groups is 1. The molecular weight excluding hydrogens is 508 g/mol. The second-order valence-corrected chi connectivity index (χ2v) is 9.19. The number of halogens is 1. The van der Waals surface area contributed by atoms with E-state index in [1.54, 1.807) is 25.3 Å². The summed E-state index contributed by atoms with van der Waals surface area (Å²) >= 11 is 4.73. The van der Waals surface area contributed by atoms with Gasteiger partial charge in [-0.2, -0.15) is 5.26 Å². The number of amides is 1. The molecule has 0 bridgehead atoms. The van der Waals surface area contributed by atoms with Crippen molar-refractivity contribution in [2.24, 2.45) is 5.92 Å². The van der Waals surface area contributed by atoms with E-state index in [0.717, 1.165) is 11.3 Å². The first-order valence-electron chi connectivity index (χ1n) is 10.1. The van der Waals surface area contributed by atoms with Crippen molar-refractivity contribution in [1.29, 1.82) is 5.26 Å². The number of carbonyl (C=O) groups is 2. The molecule has 1 heterocycles. The van der Waals surface area contributed by atoms with E-state index >= 15 is 0 Å². The number of nitrogens with zero attached hydrogens (tertiary/aromatic N) is 1. The van der Waals surface area contributed by atoms with Crippen LogP contribution in [0.2, 0.25) is 0 Å². The van der Waals surface area contributed by atoms with Gasteiger partial charge < -0.3 is 19.5 Å². The van der Waals surface area contributed by atoms with E-state index in [0.29, 0.717) is 38.7 Å². The Bertz CT molecular complexity index is 1110. The molecule has 2 atom stereocenters. The van der Waals surface area contributed by atoms with Crippen LogP contribution >= 0.6 is 27.7 Å². The van der Waals surface area contributed by atoms with Crippen LogP contribution in [-0.2, 0) is 14.3 Å². The number of rotatable bonds is 8. The third-order valence-corrected chi connectivity index (χ3v) is 6.74. The summed E-state index contributed by atoms with van der Waals surface area (Å²) < 4.78 is 16.5. The summed E-state index contributed by atoms with van der Waals surface area (Å²) in [5.41, 5.74) is 2.06. The van der Waals surface area contributed by atoms with E-state index in [1.807, 2.05) is 31.2 Å². The molecule has 3 rings (SSSR count). The zero-order chi connectivity index (χ0) is 24.0. The average Bonchev–Trinajstić information content (AvgIpc) is 2.82. The van der Waals surface area contributed by atoms with Crippen molar-refractivity contribution in [3.8, 4) is 17.6 Å². The maximum absolute atomic E-state index is 12.9. The molecular formula is C24H23BrN2O5S. The van der Waals surface area contributed by atoms with Gasteiger partial charge in [-0.3, -0.25) is 9.59 Å². The van der Waals surface area contributed by atoms with Gasteiger partial charge in [0.2, 0.25) is 5.91 Å². The minimum Gasteiger partial charge on any atom is -0.496 e. The predicted molar refractivity (Wildman–Crippen MR) is 129 cm³/mol. The number of methoxy groups -OCH3 is 2. The predicted octanol–water partition coefficient (Wildman–Crippen LogP) is 4.32. The molecule has 2 aromatic carbocycles. The number of hydrogen-bond acceptors (Lipinski definition) is 7. The summed E-state index contributed by atoms with van der Waals surface area (Å²) in [5.74, 6) is -1.36. The SMILES string of the molecule is COC(=O)[C@H]1C(=O)NC(SCCOc2ccc(C)cc2)=C(C#N)[C@H]1c1ccc(OC)c(Br)c1. The Kier molecular flexibility index (Phi) is 8.42. The van der Waals surface area contributed by atoms with Gasteiger partial charge in [0.25, 0.3) is 0 Å². The minimum absolute atomic E-state index is 0.294. The monoisotopic (exact) mass is 530 g/mol. The highest BCUT2D eigenvalue weighted by Gasteiger charge is 2.44. The standard InChI is InChI=1S/C24H23BrN2O5S/c1-14-4-7-16(8-5-14)32-10-11-33-23-17(13-26)20(21(22(28)27-23)24(29)31-3)15-6-9-19(30-2)18(25)12-15/h4-9,12,20-21H,10-11H2,1-3H3,(H,27,28)/t20-,21-/m1/s1. The molecule has 1 N–H and O–H groups in total.